The number of fused-ring (bicyclic) bond motifs is 1. The van der Waals surface area contributed by atoms with Crippen LogP contribution in [0.25, 0.3) is 10.9 Å². The van der Waals surface area contributed by atoms with Crippen LogP contribution in [0.15, 0.2) is 23.7 Å². The van der Waals surface area contributed by atoms with Crippen LogP contribution in [0.4, 0.5) is 0 Å². The second-order valence-corrected chi connectivity index (χ2v) is 2.45. The minimum atomic E-state index is 1.04. The smallest absolute Gasteiger partial charge is 0.0815 e. The number of hydrogen-bond acceptors (Lipinski definition) is 2. The summed E-state index contributed by atoms with van der Waals surface area (Å²) in [5, 5.41) is 6.21. The van der Waals surface area contributed by atoms with E-state index in [-0.39, 0.29) is 0 Å². The van der Waals surface area contributed by atoms with Gasteiger partial charge in [-0.2, -0.15) is 0 Å². The maximum atomic E-state index is 4.12. The molecule has 0 saturated carbocycles. The third kappa shape index (κ3) is 0.715. The molecule has 0 aromatic carbocycles. The van der Waals surface area contributed by atoms with E-state index in [1.807, 2.05) is 17.5 Å². The minimum absolute atomic E-state index is 1.04. The molecule has 2 heterocycles. The van der Waals surface area contributed by atoms with Crippen molar-refractivity contribution in [2.45, 2.75) is 0 Å². The molecule has 0 aliphatic rings. The molecular weight excluding hydrogens is 130 g/mol. The third-order valence-electron chi connectivity index (χ3n) is 1.18. The van der Waals surface area contributed by atoms with Crippen LogP contribution in [-0.2, 0) is 0 Å². The average Bonchev–Trinajstić information content (AvgIpc) is 2.33. The summed E-state index contributed by atoms with van der Waals surface area (Å²) in [6.45, 7) is 0. The van der Waals surface area contributed by atoms with Crippen LogP contribution in [0.3, 0.4) is 0 Å². The topological polar surface area (TPSA) is 12.9 Å². The molecule has 2 aromatic rings. The Morgan fingerprint density at radius 3 is 3.44 bits per heavy atom. The summed E-state index contributed by atoms with van der Waals surface area (Å²) in [5.41, 5.74) is 1.04. The van der Waals surface area contributed by atoms with Crippen molar-refractivity contribution in [2.75, 3.05) is 0 Å². The molecular formula is C7H4NS. The lowest BCUT2D eigenvalue weighted by atomic mass is 10.3. The molecule has 1 nitrogen and oxygen atoms in total. The summed E-state index contributed by atoms with van der Waals surface area (Å²) in [6, 6.07) is 3.93. The van der Waals surface area contributed by atoms with Crippen LogP contribution in [-0.4, -0.2) is 4.98 Å². The van der Waals surface area contributed by atoms with Crippen LogP contribution >= 0.6 is 11.3 Å². The SMILES string of the molecule is [c]1scc2ncccc12. The van der Waals surface area contributed by atoms with Crippen molar-refractivity contribution in [3.8, 4) is 0 Å². The molecule has 0 atom stereocenters. The first kappa shape index (κ1) is 4.94. The van der Waals surface area contributed by atoms with Gasteiger partial charge in [0.1, 0.15) is 0 Å². The molecule has 2 rings (SSSR count). The van der Waals surface area contributed by atoms with Crippen molar-refractivity contribution < 1.29 is 0 Å². The highest BCUT2D eigenvalue weighted by atomic mass is 32.1. The Morgan fingerprint density at radius 2 is 2.56 bits per heavy atom. The number of thiophene rings is 1. The van der Waals surface area contributed by atoms with E-state index in [0.29, 0.717) is 0 Å². The number of hydrogen-bond donors (Lipinski definition) is 0. The molecule has 0 amide bonds. The van der Waals surface area contributed by atoms with E-state index in [9.17, 15) is 0 Å². The van der Waals surface area contributed by atoms with E-state index in [0.717, 1.165) is 10.9 Å². The van der Waals surface area contributed by atoms with Crippen molar-refractivity contribution in [3.63, 3.8) is 0 Å². The zero-order valence-corrected chi connectivity index (χ0v) is 5.48. The van der Waals surface area contributed by atoms with Crippen molar-refractivity contribution in [2.24, 2.45) is 0 Å². The Morgan fingerprint density at radius 1 is 1.56 bits per heavy atom. The van der Waals surface area contributed by atoms with Gasteiger partial charge in [-0.3, -0.25) is 4.98 Å². The highest BCUT2D eigenvalue weighted by Gasteiger charge is 1.90. The molecule has 0 N–H and O–H groups in total. The van der Waals surface area contributed by atoms with Gasteiger partial charge in [0.25, 0.3) is 0 Å². The lowest BCUT2D eigenvalue weighted by molar-refractivity contribution is 1.43. The van der Waals surface area contributed by atoms with Gasteiger partial charge in [-0.15, -0.1) is 11.3 Å². The monoisotopic (exact) mass is 134 g/mol. The Labute approximate surface area is 57.0 Å². The summed E-state index contributed by atoms with van der Waals surface area (Å²) in [6.07, 6.45) is 1.79. The molecule has 0 aliphatic heterocycles. The van der Waals surface area contributed by atoms with Gasteiger partial charge in [-0.25, -0.2) is 0 Å². The highest BCUT2D eigenvalue weighted by Crippen LogP contribution is 2.13. The van der Waals surface area contributed by atoms with Crippen LogP contribution in [0.5, 0.6) is 0 Å². The maximum absolute atomic E-state index is 4.12. The molecule has 2 heteroatoms. The largest absolute Gasteiger partial charge is 0.255 e. The molecule has 43 valence electrons. The fourth-order valence-electron chi connectivity index (χ4n) is 0.746. The van der Waals surface area contributed by atoms with Crippen LogP contribution in [0.1, 0.15) is 0 Å². The summed E-state index contributed by atoms with van der Waals surface area (Å²) >= 11 is 1.57. The van der Waals surface area contributed by atoms with Crippen LogP contribution in [0, 0.1) is 5.38 Å². The Balaban J connectivity index is 2.95. The van der Waals surface area contributed by atoms with Gasteiger partial charge < -0.3 is 0 Å². The van der Waals surface area contributed by atoms with E-state index >= 15 is 0 Å². The molecule has 1 radical (unpaired) electrons. The Kier molecular flexibility index (Phi) is 0.993. The van der Waals surface area contributed by atoms with Gasteiger partial charge in [-0.1, -0.05) is 0 Å². The highest BCUT2D eigenvalue weighted by molar-refractivity contribution is 7.08. The average molecular weight is 134 g/mol. The van der Waals surface area contributed by atoms with E-state index in [1.165, 1.54) is 0 Å². The number of rotatable bonds is 0. The number of pyridine rings is 1. The predicted molar refractivity (Wildman–Crippen MR) is 38.5 cm³/mol. The fraction of sp³-hybridized carbons (Fsp3) is 0. The van der Waals surface area contributed by atoms with Gasteiger partial charge in [0.15, 0.2) is 0 Å². The first-order chi connectivity index (χ1) is 4.47. The van der Waals surface area contributed by atoms with Gasteiger partial charge in [0.2, 0.25) is 0 Å². The molecule has 0 bridgehead atoms. The molecule has 0 fully saturated rings. The fourth-order valence-corrected chi connectivity index (χ4v) is 1.40. The van der Waals surface area contributed by atoms with Gasteiger partial charge >= 0.3 is 0 Å². The third-order valence-corrected chi connectivity index (χ3v) is 1.86. The quantitative estimate of drug-likeness (QED) is 0.537. The normalized spacial score (nSPS) is 10.2. The van der Waals surface area contributed by atoms with E-state index < -0.39 is 0 Å². The molecule has 0 spiro atoms. The van der Waals surface area contributed by atoms with Crippen molar-refractivity contribution in [3.05, 3.63) is 29.1 Å². The van der Waals surface area contributed by atoms with Crippen molar-refractivity contribution >= 4 is 22.2 Å². The second-order valence-electron chi connectivity index (χ2n) is 1.77. The van der Waals surface area contributed by atoms with Gasteiger partial charge in [-0.05, 0) is 12.1 Å². The second kappa shape index (κ2) is 1.81. The number of nitrogens with zero attached hydrogens (tertiary/aromatic N) is 1. The van der Waals surface area contributed by atoms with Crippen molar-refractivity contribution in [1.29, 1.82) is 0 Å². The van der Waals surface area contributed by atoms with Crippen LogP contribution < -0.4 is 0 Å². The summed E-state index contributed by atoms with van der Waals surface area (Å²) in [7, 11) is 0. The Bertz CT molecular complexity index is 283. The Hall–Kier alpha value is -0.890. The van der Waals surface area contributed by atoms with E-state index in [2.05, 4.69) is 10.4 Å². The predicted octanol–water partition coefficient (Wildman–Crippen LogP) is 2.10. The lowest BCUT2D eigenvalue weighted by Gasteiger charge is -1.81. The zero-order valence-electron chi connectivity index (χ0n) is 4.66. The van der Waals surface area contributed by atoms with Crippen LogP contribution in [0.2, 0.25) is 0 Å². The van der Waals surface area contributed by atoms with Gasteiger partial charge in [0.05, 0.1) is 10.9 Å². The standard InChI is InChI=1S/C7H4NS/c1-2-6-4-9-5-7(6)8-3-1/h1-3,5H. The summed E-state index contributed by atoms with van der Waals surface area (Å²) in [4.78, 5) is 4.12. The number of aromatic nitrogens is 1. The van der Waals surface area contributed by atoms with E-state index in [4.69, 9.17) is 0 Å². The zero-order chi connectivity index (χ0) is 6.10. The molecule has 9 heavy (non-hydrogen) atoms. The summed E-state index contributed by atoms with van der Waals surface area (Å²) < 4.78 is 0. The van der Waals surface area contributed by atoms with Crippen molar-refractivity contribution in [1.82, 2.24) is 4.98 Å². The minimum Gasteiger partial charge on any atom is -0.255 e. The molecule has 0 saturated heterocycles. The maximum Gasteiger partial charge on any atom is 0.0815 e. The van der Waals surface area contributed by atoms with E-state index in [1.54, 1.807) is 17.5 Å². The first-order valence-corrected chi connectivity index (χ1v) is 3.55. The summed E-state index contributed by atoms with van der Waals surface area (Å²) in [5.74, 6) is 0. The van der Waals surface area contributed by atoms with Gasteiger partial charge in [0, 0.05) is 17.0 Å². The molecule has 0 aliphatic carbocycles. The molecule has 0 unspecified atom stereocenters. The molecule has 2 aromatic heterocycles. The lowest BCUT2D eigenvalue weighted by Crippen LogP contribution is -1.66. The first-order valence-electron chi connectivity index (χ1n) is 2.67.